The Bertz CT molecular complexity index is 1200. The molecule has 1 fully saturated rings. The van der Waals surface area contributed by atoms with Crippen LogP contribution in [0.4, 0.5) is 5.82 Å². The van der Waals surface area contributed by atoms with Gasteiger partial charge in [-0.25, -0.2) is 4.98 Å². The zero-order valence-corrected chi connectivity index (χ0v) is 19.5. The van der Waals surface area contributed by atoms with Gasteiger partial charge in [0.2, 0.25) is 0 Å². The Morgan fingerprint density at radius 1 is 0.882 bits per heavy atom. The van der Waals surface area contributed by atoms with Crippen LogP contribution in [-0.2, 0) is 12.1 Å². The summed E-state index contributed by atoms with van der Waals surface area (Å²) in [4.78, 5) is 36.9. The molecule has 2 heterocycles. The molecular weight excluding hydrogens is 428 g/mol. The number of para-hydroxylation sites is 1. The molecule has 5 rings (SSSR count). The van der Waals surface area contributed by atoms with E-state index in [2.05, 4.69) is 21.3 Å². The van der Waals surface area contributed by atoms with E-state index in [1.165, 1.54) is 0 Å². The zero-order chi connectivity index (χ0) is 23.7. The minimum Gasteiger partial charge on any atom is -0.496 e. The van der Waals surface area contributed by atoms with E-state index in [1.807, 2.05) is 47.4 Å². The van der Waals surface area contributed by atoms with Gasteiger partial charge < -0.3 is 10.1 Å². The van der Waals surface area contributed by atoms with Gasteiger partial charge in [0.25, 0.3) is 0 Å². The number of methoxy groups -OCH3 is 1. The Balaban J connectivity index is 1.47. The number of carbonyl (C=O) groups is 2. The van der Waals surface area contributed by atoms with E-state index in [1.54, 1.807) is 32.4 Å². The van der Waals surface area contributed by atoms with Gasteiger partial charge in [-0.15, -0.1) is 0 Å². The Kier molecular flexibility index (Phi) is 5.89. The topological polar surface area (TPSA) is 74.8 Å². The number of piperazine rings is 1. The number of aromatic nitrogens is 1. The van der Waals surface area contributed by atoms with Gasteiger partial charge >= 0.3 is 0 Å². The molecule has 0 bridgehead atoms. The number of Topliss-reactive ketones (excluding diaryl/α,β-unsaturated/α-hetero) is 2. The van der Waals surface area contributed by atoms with E-state index in [-0.39, 0.29) is 11.6 Å². The molecule has 0 atom stereocenters. The Labute approximate surface area is 199 Å². The Hall–Kier alpha value is -3.55. The van der Waals surface area contributed by atoms with E-state index in [9.17, 15) is 9.59 Å². The number of hydrogen-bond donors (Lipinski definition) is 1. The van der Waals surface area contributed by atoms with Crippen LogP contribution in [0.5, 0.6) is 5.75 Å². The molecule has 2 aromatic carbocycles. The van der Waals surface area contributed by atoms with Gasteiger partial charge in [0, 0.05) is 56.5 Å². The molecule has 7 heteroatoms. The first kappa shape index (κ1) is 22.3. The van der Waals surface area contributed by atoms with Gasteiger partial charge in [-0.2, -0.15) is 0 Å². The van der Waals surface area contributed by atoms with Crippen LogP contribution >= 0.6 is 0 Å². The summed E-state index contributed by atoms with van der Waals surface area (Å²) in [5.41, 5.74) is 1.11. The number of ether oxygens (including phenoxy) is 1. The first-order chi connectivity index (χ1) is 16.6. The Morgan fingerprint density at radius 2 is 1.53 bits per heavy atom. The maximum absolute atomic E-state index is 13.9. The van der Waals surface area contributed by atoms with Crippen molar-refractivity contribution >= 4 is 17.4 Å². The van der Waals surface area contributed by atoms with Gasteiger partial charge in [-0.1, -0.05) is 48.5 Å². The van der Waals surface area contributed by atoms with Crippen molar-refractivity contribution in [3.63, 3.8) is 0 Å². The molecule has 0 radical (unpaired) electrons. The fourth-order valence-electron chi connectivity index (χ4n) is 5.15. The molecule has 1 aliphatic carbocycles. The molecule has 0 amide bonds. The van der Waals surface area contributed by atoms with Crippen LogP contribution in [0.3, 0.4) is 0 Å². The van der Waals surface area contributed by atoms with Crippen LogP contribution in [0, 0.1) is 0 Å². The highest BCUT2D eigenvalue weighted by Crippen LogP contribution is 2.42. The molecule has 2 aliphatic rings. The average Bonchev–Trinajstić information content (AvgIpc) is 3.12. The van der Waals surface area contributed by atoms with Crippen LogP contribution in [-0.4, -0.2) is 66.7 Å². The third-order valence-electron chi connectivity index (χ3n) is 6.88. The average molecular weight is 457 g/mol. The van der Waals surface area contributed by atoms with Crippen molar-refractivity contribution in [1.29, 1.82) is 0 Å². The smallest absolute Gasteiger partial charge is 0.198 e. The molecule has 1 N–H and O–H groups in total. The summed E-state index contributed by atoms with van der Waals surface area (Å²) in [7, 11) is 3.46. The lowest BCUT2D eigenvalue weighted by Crippen LogP contribution is -2.60. The highest BCUT2D eigenvalue weighted by molar-refractivity contribution is 6.32. The second kappa shape index (κ2) is 9.00. The van der Waals surface area contributed by atoms with Crippen LogP contribution in [0.15, 0.2) is 66.7 Å². The van der Waals surface area contributed by atoms with Crippen LogP contribution in [0.1, 0.15) is 32.0 Å². The Morgan fingerprint density at radius 3 is 2.18 bits per heavy atom. The number of anilines is 1. The monoisotopic (exact) mass is 456 g/mol. The third-order valence-corrected chi connectivity index (χ3v) is 6.88. The van der Waals surface area contributed by atoms with E-state index < -0.39 is 5.54 Å². The summed E-state index contributed by atoms with van der Waals surface area (Å²) < 4.78 is 5.51. The van der Waals surface area contributed by atoms with E-state index in [4.69, 9.17) is 4.74 Å². The summed E-state index contributed by atoms with van der Waals surface area (Å²) in [6.45, 7) is 3.35. The van der Waals surface area contributed by atoms with Crippen molar-refractivity contribution < 1.29 is 14.3 Å². The summed E-state index contributed by atoms with van der Waals surface area (Å²) in [5, 5.41) is 3.03. The molecular formula is C27H28N4O3. The van der Waals surface area contributed by atoms with Gasteiger partial charge in [0.1, 0.15) is 11.6 Å². The lowest BCUT2D eigenvalue weighted by atomic mass is 9.85. The highest BCUT2D eigenvalue weighted by Gasteiger charge is 2.59. The normalized spacial score (nSPS) is 18.1. The molecule has 1 aromatic heterocycles. The molecule has 1 saturated heterocycles. The first-order valence-electron chi connectivity index (χ1n) is 11.5. The second-order valence-electron chi connectivity index (χ2n) is 8.65. The van der Waals surface area contributed by atoms with Crippen LogP contribution < -0.4 is 10.1 Å². The summed E-state index contributed by atoms with van der Waals surface area (Å²) >= 11 is 0. The lowest BCUT2D eigenvalue weighted by Gasteiger charge is -2.43. The molecule has 3 aromatic rings. The van der Waals surface area contributed by atoms with Gasteiger partial charge in [-0.05, 0) is 18.2 Å². The van der Waals surface area contributed by atoms with Gasteiger partial charge in [-0.3, -0.25) is 19.4 Å². The van der Waals surface area contributed by atoms with Crippen molar-refractivity contribution in [2.45, 2.75) is 12.1 Å². The maximum atomic E-state index is 13.9. The van der Waals surface area contributed by atoms with E-state index in [0.29, 0.717) is 35.7 Å². The number of benzene rings is 2. The summed E-state index contributed by atoms with van der Waals surface area (Å²) in [6.07, 6.45) is 0. The van der Waals surface area contributed by atoms with E-state index in [0.717, 1.165) is 30.9 Å². The van der Waals surface area contributed by atoms with Crippen molar-refractivity contribution in [3.05, 3.63) is 89.1 Å². The largest absolute Gasteiger partial charge is 0.496 e. The fourth-order valence-corrected chi connectivity index (χ4v) is 5.15. The zero-order valence-electron chi connectivity index (χ0n) is 19.5. The number of ketones is 2. The SMILES string of the molecule is CNc1cccc(C2(N3CCN(Cc4ccccc4OC)CC3)C(=O)c3ccccc3C2=O)n1. The van der Waals surface area contributed by atoms with Crippen molar-refractivity contribution in [2.75, 3.05) is 45.7 Å². The second-order valence-corrected chi connectivity index (χ2v) is 8.65. The molecule has 0 saturated carbocycles. The first-order valence-corrected chi connectivity index (χ1v) is 11.5. The number of pyridine rings is 1. The molecule has 0 unspecified atom stereocenters. The maximum Gasteiger partial charge on any atom is 0.198 e. The van der Waals surface area contributed by atoms with Crippen molar-refractivity contribution in [3.8, 4) is 5.75 Å². The van der Waals surface area contributed by atoms with Gasteiger partial charge in [0.15, 0.2) is 17.1 Å². The quantitative estimate of drug-likeness (QED) is 0.571. The van der Waals surface area contributed by atoms with Crippen molar-refractivity contribution in [1.82, 2.24) is 14.8 Å². The van der Waals surface area contributed by atoms with Crippen LogP contribution in [0.2, 0.25) is 0 Å². The minimum atomic E-state index is -1.44. The minimum absolute atomic E-state index is 0.188. The molecule has 34 heavy (non-hydrogen) atoms. The number of fused-ring (bicyclic) bond motifs is 1. The summed E-state index contributed by atoms with van der Waals surface area (Å²) in [5.74, 6) is 1.12. The number of hydrogen-bond acceptors (Lipinski definition) is 7. The molecule has 0 spiro atoms. The predicted octanol–water partition coefficient (Wildman–Crippen LogP) is 3.22. The predicted molar refractivity (Wildman–Crippen MR) is 130 cm³/mol. The summed E-state index contributed by atoms with van der Waals surface area (Å²) in [6, 6.07) is 20.6. The number of carbonyl (C=O) groups excluding carboxylic acids is 2. The molecule has 7 nitrogen and oxygen atoms in total. The standard InChI is InChI=1S/C27H28N4O3/c1-28-24-13-7-12-23(29-24)27(25(32)20-9-4-5-10-21(20)26(27)33)31-16-14-30(15-17-31)18-19-8-3-6-11-22(19)34-2/h3-13H,14-18H2,1-2H3,(H,28,29). The number of nitrogens with one attached hydrogen (secondary N) is 1. The van der Waals surface area contributed by atoms with Crippen molar-refractivity contribution in [2.24, 2.45) is 0 Å². The lowest BCUT2D eigenvalue weighted by molar-refractivity contribution is 0.0266. The number of nitrogens with zero attached hydrogens (tertiary/aromatic N) is 3. The molecule has 174 valence electrons. The third kappa shape index (κ3) is 3.48. The number of rotatable bonds is 6. The molecule has 1 aliphatic heterocycles. The highest BCUT2D eigenvalue weighted by atomic mass is 16.5. The van der Waals surface area contributed by atoms with Crippen LogP contribution in [0.25, 0.3) is 0 Å². The van der Waals surface area contributed by atoms with E-state index >= 15 is 0 Å². The fraction of sp³-hybridized carbons (Fsp3) is 0.296. The van der Waals surface area contributed by atoms with Gasteiger partial charge in [0.05, 0.1) is 12.8 Å².